The molecule has 196 valence electrons. The maximum Gasteiger partial charge on any atom is 0.319 e. The number of anilines is 1. The molecule has 3 aromatic carbocycles. The third kappa shape index (κ3) is 7.15. The lowest BCUT2D eigenvalue weighted by Gasteiger charge is -2.23. The summed E-state index contributed by atoms with van der Waals surface area (Å²) in [7, 11) is -2.38. The number of carbonyl (C=O) groups is 1. The summed E-state index contributed by atoms with van der Waals surface area (Å²) in [5.74, 6) is 0.265. The number of hydrogen-bond acceptors (Lipinski definition) is 5. The summed E-state index contributed by atoms with van der Waals surface area (Å²) >= 11 is 0. The van der Waals surface area contributed by atoms with Gasteiger partial charge in [0.2, 0.25) is 10.0 Å². The van der Waals surface area contributed by atoms with Gasteiger partial charge in [0, 0.05) is 37.7 Å². The van der Waals surface area contributed by atoms with Crippen LogP contribution >= 0.6 is 0 Å². The summed E-state index contributed by atoms with van der Waals surface area (Å²) in [6, 6.07) is 21.9. The smallest absolute Gasteiger partial charge is 0.319 e. The highest BCUT2D eigenvalue weighted by Crippen LogP contribution is 2.24. The van der Waals surface area contributed by atoms with Crippen molar-refractivity contribution in [2.45, 2.75) is 24.5 Å². The molecule has 0 aliphatic rings. The van der Waals surface area contributed by atoms with Crippen molar-refractivity contribution in [1.82, 2.24) is 14.6 Å². The molecule has 2 N–H and O–H groups in total. The van der Waals surface area contributed by atoms with E-state index in [1.807, 2.05) is 0 Å². The maximum absolute atomic E-state index is 13.6. The third-order valence-electron chi connectivity index (χ3n) is 5.74. The highest BCUT2D eigenvalue weighted by Gasteiger charge is 2.25. The Morgan fingerprint density at radius 3 is 2.00 bits per heavy atom. The predicted octanol–water partition coefficient (Wildman–Crippen LogP) is 4.94. The maximum atomic E-state index is 13.6. The van der Waals surface area contributed by atoms with Gasteiger partial charge in [0.25, 0.3) is 0 Å². The Balaban J connectivity index is 1.49. The minimum atomic E-state index is -3.94. The van der Waals surface area contributed by atoms with Gasteiger partial charge in [0.05, 0.1) is 12.0 Å². The molecule has 0 saturated carbocycles. The molecule has 0 unspecified atom stereocenters. The van der Waals surface area contributed by atoms with Crippen molar-refractivity contribution in [1.29, 1.82) is 0 Å². The number of sulfonamides is 1. The normalized spacial score (nSPS) is 11.2. The van der Waals surface area contributed by atoms with Crippen LogP contribution in [-0.2, 0) is 29.7 Å². The van der Waals surface area contributed by atoms with Gasteiger partial charge in [-0.15, -0.1) is 0 Å². The molecule has 0 atom stereocenters. The van der Waals surface area contributed by atoms with Crippen molar-refractivity contribution < 1.29 is 22.3 Å². The lowest BCUT2D eigenvalue weighted by Crippen LogP contribution is -2.30. The van der Waals surface area contributed by atoms with Gasteiger partial charge in [0.1, 0.15) is 11.6 Å². The van der Waals surface area contributed by atoms with E-state index < -0.39 is 21.9 Å². The average Bonchev–Trinajstić information content (AvgIpc) is 2.94. The van der Waals surface area contributed by atoms with E-state index in [1.165, 1.54) is 40.7 Å². The zero-order valence-corrected chi connectivity index (χ0v) is 21.5. The zero-order valence-electron chi connectivity index (χ0n) is 20.7. The highest BCUT2D eigenvalue weighted by molar-refractivity contribution is 7.89. The van der Waals surface area contributed by atoms with Crippen LogP contribution < -0.4 is 15.4 Å². The molecule has 10 heteroatoms. The molecule has 1 aromatic heterocycles. The number of halogens is 1. The van der Waals surface area contributed by atoms with Crippen LogP contribution in [0.2, 0.25) is 0 Å². The van der Waals surface area contributed by atoms with Crippen molar-refractivity contribution in [3.05, 3.63) is 120 Å². The van der Waals surface area contributed by atoms with E-state index in [9.17, 15) is 17.6 Å². The van der Waals surface area contributed by atoms with Crippen LogP contribution in [0.25, 0.3) is 0 Å². The van der Waals surface area contributed by atoms with Gasteiger partial charge in [-0.25, -0.2) is 17.6 Å². The van der Waals surface area contributed by atoms with Crippen molar-refractivity contribution in [3.63, 3.8) is 0 Å². The monoisotopic (exact) mass is 534 g/mol. The molecule has 0 aliphatic carbocycles. The second kappa shape index (κ2) is 12.3. The number of ether oxygens (including phenoxy) is 1. The predicted molar refractivity (Wildman–Crippen MR) is 142 cm³/mol. The number of aromatic nitrogens is 1. The first-order valence-electron chi connectivity index (χ1n) is 11.7. The largest absolute Gasteiger partial charge is 0.497 e. The fraction of sp³-hybridized carbons (Fsp3) is 0.143. The van der Waals surface area contributed by atoms with E-state index >= 15 is 0 Å². The summed E-state index contributed by atoms with van der Waals surface area (Å²) in [5.41, 5.74) is 2.75. The fourth-order valence-corrected chi connectivity index (χ4v) is 5.09. The first-order valence-corrected chi connectivity index (χ1v) is 13.2. The molecule has 0 fully saturated rings. The fourth-order valence-electron chi connectivity index (χ4n) is 3.67. The Morgan fingerprint density at radius 2 is 1.42 bits per heavy atom. The Labute approximate surface area is 221 Å². The molecule has 8 nitrogen and oxygen atoms in total. The second-order valence-electron chi connectivity index (χ2n) is 8.44. The first-order chi connectivity index (χ1) is 18.3. The van der Waals surface area contributed by atoms with E-state index in [4.69, 9.17) is 4.74 Å². The number of urea groups is 1. The molecular weight excluding hydrogens is 507 g/mol. The summed E-state index contributed by atoms with van der Waals surface area (Å²) < 4.78 is 47.2. The Hall–Kier alpha value is -4.28. The van der Waals surface area contributed by atoms with Gasteiger partial charge in [-0.05, 0) is 77.4 Å². The number of amides is 2. The van der Waals surface area contributed by atoms with Gasteiger partial charge >= 0.3 is 6.03 Å². The van der Waals surface area contributed by atoms with Crippen LogP contribution in [0.3, 0.4) is 0 Å². The number of carbonyl (C=O) groups excluding carboxylic acids is 1. The summed E-state index contributed by atoms with van der Waals surface area (Å²) in [4.78, 5) is 16.3. The standard InChI is InChI=1S/C28H27FN4O4S/c1-37-26-10-4-23(5-11-26)20-33(19-22-2-6-24(29)7-3-22)38(35,36)27-12-8-25(9-13-27)32-28(34)31-18-21-14-16-30-17-15-21/h2-17H,18-20H2,1H3,(H2,31,32,34). The molecule has 2 amide bonds. The molecule has 0 radical (unpaired) electrons. The minimum Gasteiger partial charge on any atom is -0.497 e. The number of nitrogens with zero attached hydrogens (tertiary/aromatic N) is 2. The van der Waals surface area contributed by atoms with Crippen LogP contribution in [-0.4, -0.2) is 30.8 Å². The molecule has 4 aromatic rings. The Morgan fingerprint density at radius 1 is 0.842 bits per heavy atom. The van der Waals surface area contributed by atoms with Gasteiger partial charge in [-0.1, -0.05) is 24.3 Å². The number of nitrogens with one attached hydrogen (secondary N) is 2. The number of pyridine rings is 1. The van der Waals surface area contributed by atoms with Crippen LogP contribution in [0.4, 0.5) is 14.9 Å². The van der Waals surface area contributed by atoms with E-state index in [0.29, 0.717) is 23.5 Å². The summed E-state index contributed by atoms with van der Waals surface area (Å²) in [6.45, 7) is 0.470. The van der Waals surface area contributed by atoms with E-state index in [2.05, 4.69) is 15.6 Å². The van der Waals surface area contributed by atoms with Gasteiger partial charge in [0.15, 0.2) is 0 Å². The number of rotatable bonds is 10. The van der Waals surface area contributed by atoms with Crippen molar-refractivity contribution in [2.24, 2.45) is 0 Å². The molecule has 0 bridgehead atoms. The van der Waals surface area contributed by atoms with Crippen LogP contribution in [0, 0.1) is 5.82 Å². The first kappa shape index (κ1) is 26.8. The summed E-state index contributed by atoms with van der Waals surface area (Å²) in [5, 5.41) is 5.43. The molecule has 1 heterocycles. The van der Waals surface area contributed by atoms with Crippen LogP contribution in [0.5, 0.6) is 5.75 Å². The van der Waals surface area contributed by atoms with Gasteiger partial charge in [-0.2, -0.15) is 4.31 Å². The third-order valence-corrected chi connectivity index (χ3v) is 7.55. The lowest BCUT2D eigenvalue weighted by atomic mass is 10.2. The van der Waals surface area contributed by atoms with Gasteiger partial charge < -0.3 is 15.4 Å². The Bertz CT molecular complexity index is 1450. The minimum absolute atomic E-state index is 0.0477. The number of methoxy groups -OCH3 is 1. The lowest BCUT2D eigenvalue weighted by molar-refractivity contribution is 0.251. The molecule has 0 spiro atoms. The van der Waals surface area contributed by atoms with Crippen LogP contribution in [0.1, 0.15) is 16.7 Å². The zero-order chi connectivity index (χ0) is 27.0. The SMILES string of the molecule is COc1ccc(CN(Cc2ccc(F)cc2)S(=O)(=O)c2ccc(NC(=O)NCc3ccncc3)cc2)cc1. The van der Waals surface area contributed by atoms with E-state index in [1.54, 1.807) is 68.0 Å². The van der Waals surface area contributed by atoms with Crippen molar-refractivity contribution in [2.75, 3.05) is 12.4 Å². The quantitative estimate of drug-likeness (QED) is 0.300. The highest BCUT2D eigenvalue weighted by atomic mass is 32.2. The molecule has 38 heavy (non-hydrogen) atoms. The molecule has 0 saturated heterocycles. The number of hydrogen-bond donors (Lipinski definition) is 2. The van der Waals surface area contributed by atoms with E-state index in [-0.39, 0.29) is 18.0 Å². The molecule has 4 rings (SSSR count). The number of benzene rings is 3. The van der Waals surface area contributed by atoms with Crippen LogP contribution in [0.15, 0.2) is 102 Å². The molecular formula is C28H27FN4O4S. The average molecular weight is 535 g/mol. The van der Waals surface area contributed by atoms with Crippen molar-refractivity contribution in [3.8, 4) is 5.75 Å². The molecule has 0 aliphatic heterocycles. The topological polar surface area (TPSA) is 101 Å². The van der Waals surface area contributed by atoms with E-state index in [0.717, 1.165) is 11.1 Å². The van der Waals surface area contributed by atoms with Gasteiger partial charge in [-0.3, -0.25) is 4.98 Å². The Kier molecular flexibility index (Phi) is 8.67. The van der Waals surface area contributed by atoms with Crippen molar-refractivity contribution >= 4 is 21.7 Å². The summed E-state index contributed by atoms with van der Waals surface area (Å²) in [6.07, 6.45) is 3.28. The second-order valence-corrected chi connectivity index (χ2v) is 10.4.